The molecule has 0 unspecified atom stereocenters. The molecule has 6 heteroatoms. The van der Waals surface area contributed by atoms with Gasteiger partial charge in [-0.1, -0.05) is 6.92 Å². The fraction of sp³-hybridized carbons (Fsp3) is 0.682. The lowest BCUT2D eigenvalue weighted by Gasteiger charge is -2.50. The van der Waals surface area contributed by atoms with E-state index in [2.05, 4.69) is 33.8 Å². The van der Waals surface area contributed by atoms with Gasteiger partial charge in [-0.25, -0.2) is 4.98 Å². The maximum Gasteiger partial charge on any atom is 0.133 e. The number of hydrogen-bond donors (Lipinski definition) is 1. The zero-order valence-corrected chi connectivity index (χ0v) is 17.0. The van der Waals surface area contributed by atoms with Crippen molar-refractivity contribution in [2.45, 2.75) is 63.6 Å². The third-order valence-corrected chi connectivity index (χ3v) is 7.02. The molecule has 0 amide bonds. The predicted octanol–water partition coefficient (Wildman–Crippen LogP) is 3.61. The summed E-state index contributed by atoms with van der Waals surface area (Å²) in [5.74, 6) is 2.07. The summed E-state index contributed by atoms with van der Waals surface area (Å²) in [5.41, 5.74) is 2.76. The number of likely N-dealkylation sites (tertiary alicyclic amines) is 1. The molecule has 6 nitrogen and oxygen atoms in total. The number of hydrogen-bond acceptors (Lipinski definition) is 5. The number of nitrogens with one attached hydrogen (secondary N) is 1. The van der Waals surface area contributed by atoms with Crippen LogP contribution < -0.4 is 0 Å². The number of furan rings is 1. The molecule has 5 heterocycles. The Bertz CT molecular complexity index is 784. The third kappa shape index (κ3) is 3.21. The third-order valence-electron chi connectivity index (χ3n) is 7.02. The van der Waals surface area contributed by atoms with Gasteiger partial charge in [-0.3, -0.25) is 9.80 Å². The van der Waals surface area contributed by atoms with Gasteiger partial charge < -0.3 is 14.1 Å². The Morgan fingerprint density at radius 1 is 1.21 bits per heavy atom. The zero-order chi connectivity index (χ0) is 19.0. The van der Waals surface area contributed by atoms with Crippen molar-refractivity contribution in [2.75, 3.05) is 32.8 Å². The van der Waals surface area contributed by atoms with E-state index in [1.54, 1.807) is 0 Å². The maximum absolute atomic E-state index is 6.15. The first-order chi connectivity index (χ1) is 13.8. The molecule has 5 rings (SSSR count). The number of nitrogens with zero attached hydrogens (tertiary/aromatic N) is 3. The van der Waals surface area contributed by atoms with Crippen LogP contribution in [0.2, 0.25) is 0 Å². The second-order valence-electron chi connectivity index (χ2n) is 8.53. The van der Waals surface area contributed by atoms with Crippen molar-refractivity contribution in [3.8, 4) is 0 Å². The summed E-state index contributed by atoms with van der Waals surface area (Å²) in [6.07, 6.45) is 8.89. The van der Waals surface area contributed by atoms with Gasteiger partial charge in [0.1, 0.15) is 17.6 Å². The molecule has 2 fully saturated rings. The lowest BCUT2D eigenvalue weighted by atomic mass is 9.78. The number of piperidine rings is 1. The van der Waals surface area contributed by atoms with E-state index >= 15 is 0 Å². The van der Waals surface area contributed by atoms with Crippen molar-refractivity contribution in [2.24, 2.45) is 0 Å². The smallest absolute Gasteiger partial charge is 0.133 e. The highest BCUT2D eigenvalue weighted by Gasteiger charge is 2.45. The van der Waals surface area contributed by atoms with E-state index in [0.29, 0.717) is 0 Å². The van der Waals surface area contributed by atoms with Crippen molar-refractivity contribution < 1.29 is 9.15 Å². The number of H-pyrrole nitrogens is 1. The van der Waals surface area contributed by atoms with Crippen LogP contribution in [-0.2, 0) is 23.2 Å². The fourth-order valence-electron chi connectivity index (χ4n) is 5.46. The van der Waals surface area contributed by atoms with Crippen LogP contribution >= 0.6 is 0 Å². The van der Waals surface area contributed by atoms with Crippen LogP contribution in [0.15, 0.2) is 22.9 Å². The highest BCUT2D eigenvalue weighted by atomic mass is 16.5. The number of aromatic amines is 1. The molecular formula is C22H32N4O2. The second kappa shape index (κ2) is 7.65. The fourth-order valence-corrected chi connectivity index (χ4v) is 5.46. The molecule has 2 aromatic rings. The van der Waals surface area contributed by atoms with Gasteiger partial charge in [0.2, 0.25) is 0 Å². The summed E-state index contributed by atoms with van der Waals surface area (Å²) in [7, 11) is 0. The summed E-state index contributed by atoms with van der Waals surface area (Å²) in [6.45, 7) is 8.42. The highest BCUT2D eigenvalue weighted by molar-refractivity contribution is 5.26. The first-order valence-corrected chi connectivity index (χ1v) is 11.0. The Labute approximate surface area is 167 Å². The summed E-state index contributed by atoms with van der Waals surface area (Å²) in [4.78, 5) is 13.3. The average Bonchev–Trinajstić information content (AvgIpc) is 3.41. The van der Waals surface area contributed by atoms with Gasteiger partial charge in [0.15, 0.2) is 0 Å². The number of fused-ring (bicyclic) bond motifs is 2. The average molecular weight is 385 g/mol. The monoisotopic (exact) mass is 384 g/mol. The van der Waals surface area contributed by atoms with E-state index in [4.69, 9.17) is 14.1 Å². The van der Waals surface area contributed by atoms with E-state index in [9.17, 15) is 0 Å². The molecule has 0 saturated carbocycles. The Kier molecular flexibility index (Phi) is 5.03. The number of likely N-dealkylation sites (N-methyl/N-ethyl adjacent to an activating group) is 1. The molecule has 1 spiro atoms. The lowest BCUT2D eigenvalue weighted by Crippen LogP contribution is -2.56. The van der Waals surface area contributed by atoms with Gasteiger partial charge in [-0.05, 0) is 50.8 Å². The number of imidazole rings is 1. The van der Waals surface area contributed by atoms with E-state index in [0.717, 1.165) is 76.5 Å². The normalized spacial score (nSPS) is 25.8. The molecule has 1 atom stereocenters. The minimum Gasteiger partial charge on any atom is -0.462 e. The highest BCUT2D eigenvalue weighted by Crippen LogP contribution is 2.42. The van der Waals surface area contributed by atoms with Crippen molar-refractivity contribution in [1.29, 1.82) is 0 Å². The van der Waals surface area contributed by atoms with Gasteiger partial charge >= 0.3 is 0 Å². The van der Waals surface area contributed by atoms with Crippen molar-refractivity contribution in [3.05, 3.63) is 41.4 Å². The van der Waals surface area contributed by atoms with E-state index in [1.165, 1.54) is 24.2 Å². The van der Waals surface area contributed by atoms with Gasteiger partial charge in [0.05, 0.1) is 24.1 Å². The van der Waals surface area contributed by atoms with Crippen molar-refractivity contribution >= 4 is 0 Å². The number of aromatic nitrogens is 2. The maximum atomic E-state index is 6.15. The van der Waals surface area contributed by atoms with Gasteiger partial charge in [-0.2, -0.15) is 0 Å². The van der Waals surface area contributed by atoms with Crippen molar-refractivity contribution in [3.63, 3.8) is 0 Å². The Morgan fingerprint density at radius 3 is 2.89 bits per heavy atom. The molecule has 2 saturated heterocycles. The molecule has 28 heavy (non-hydrogen) atoms. The molecule has 0 aliphatic carbocycles. The molecule has 3 aliphatic heterocycles. The standard InChI is InChI=1S/C22H32N4O2/c1-2-26-11-8-18-21(24-16-23-18)22(26)9-12-25(13-10-22)15-17-6-7-20(28-17)19-5-3-4-14-27-19/h6-7,16,19H,2-5,8-15H2,1H3,(H,23,24)/t19-/m0/s1. The van der Waals surface area contributed by atoms with Crippen LogP contribution in [0.1, 0.15) is 68.0 Å². The molecule has 0 bridgehead atoms. The first kappa shape index (κ1) is 18.4. The largest absolute Gasteiger partial charge is 0.462 e. The summed E-state index contributed by atoms with van der Waals surface area (Å²) in [6, 6.07) is 4.26. The lowest BCUT2D eigenvalue weighted by molar-refractivity contribution is -0.00250. The van der Waals surface area contributed by atoms with Crippen LogP contribution in [0.3, 0.4) is 0 Å². The molecular weight excluding hydrogens is 352 g/mol. The summed E-state index contributed by atoms with van der Waals surface area (Å²) >= 11 is 0. The quantitative estimate of drug-likeness (QED) is 0.873. The van der Waals surface area contributed by atoms with Crippen LogP contribution in [0.25, 0.3) is 0 Å². The van der Waals surface area contributed by atoms with Crippen molar-refractivity contribution in [1.82, 2.24) is 19.8 Å². The minimum atomic E-state index is 0.114. The van der Waals surface area contributed by atoms with Crippen LogP contribution in [0.5, 0.6) is 0 Å². The zero-order valence-electron chi connectivity index (χ0n) is 17.0. The molecule has 0 aromatic carbocycles. The molecule has 152 valence electrons. The summed E-state index contributed by atoms with van der Waals surface area (Å²) in [5, 5.41) is 0. The minimum absolute atomic E-state index is 0.114. The number of ether oxygens (including phenoxy) is 1. The number of rotatable bonds is 4. The second-order valence-corrected chi connectivity index (χ2v) is 8.53. The topological polar surface area (TPSA) is 57.5 Å². The van der Waals surface area contributed by atoms with Gasteiger partial charge in [0.25, 0.3) is 0 Å². The predicted molar refractivity (Wildman–Crippen MR) is 107 cm³/mol. The Morgan fingerprint density at radius 2 is 2.11 bits per heavy atom. The van der Waals surface area contributed by atoms with E-state index < -0.39 is 0 Å². The van der Waals surface area contributed by atoms with Crippen LogP contribution in [0.4, 0.5) is 0 Å². The summed E-state index contributed by atoms with van der Waals surface area (Å²) < 4.78 is 12.0. The first-order valence-electron chi connectivity index (χ1n) is 11.0. The van der Waals surface area contributed by atoms with Crippen LogP contribution in [-0.4, -0.2) is 52.6 Å². The SMILES string of the molecule is CCN1CCc2[nH]cnc2C12CCN(Cc1ccc([C@@H]3CCCCO3)o1)CC2. The van der Waals surface area contributed by atoms with Crippen LogP contribution in [0, 0.1) is 0 Å². The molecule has 1 N–H and O–H groups in total. The molecule has 2 aromatic heterocycles. The van der Waals surface area contributed by atoms with E-state index in [-0.39, 0.29) is 11.6 Å². The molecule has 3 aliphatic rings. The van der Waals surface area contributed by atoms with Gasteiger partial charge in [0, 0.05) is 38.4 Å². The molecule has 0 radical (unpaired) electrons. The Balaban J connectivity index is 1.25. The van der Waals surface area contributed by atoms with E-state index in [1.807, 2.05) is 6.33 Å². The Hall–Kier alpha value is -1.63. The van der Waals surface area contributed by atoms with Gasteiger partial charge in [-0.15, -0.1) is 0 Å².